The van der Waals surface area contributed by atoms with E-state index in [0.717, 1.165) is 31.0 Å². The van der Waals surface area contributed by atoms with Gasteiger partial charge in [0.15, 0.2) is 0 Å². The second kappa shape index (κ2) is 6.10. The highest BCUT2D eigenvalue weighted by atomic mass is 32.2. The Balaban J connectivity index is 2.26. The molecule has 1 aliphatic heterocycles. The number of carbonyl (C=O) groups is 1. The molecule has 0 unspecified atom stereocenters. The van der Waals surface area contributed by atoms with E-state index < -0.39 is 0 Å². The predicted molar refractivity (Wildman–Crippen MR) is 53.7 cm³/mol. The zero-order valence-corrected chi connectivity index (χ0v) is 8.73. The Morgan fingerprint density at radius 3 is 3.15 bits per heavy atom. The molecular weight excluding hydrogens is 188 g/mol. The Morgan fingerprint density at radius 1 is 1.54 bits per heavy atom. The lowest BCUT2D eigenvalue weighted by atomic mass is 10.4. The number of hydrogen-bond acceptors (Lipinski definition) is 3. The molecule has 1 fully saturated rings. The van der Waals surface area contributed by atoms with Gasteiger partial charge in [0.25, 0.3) is 0 Å². The molecule has 13 heavy (non-hydrogen) atoms. The smallest absolute Gasteiger partial charge is 0.322 e. The summed E-state index contributed by atoms with van der Waals surface area (Å²) in [6, 6.07) is -0.107. The molecule has 1 saturated heterocycles. The van der Waals surface area contributed by atoms with E-state index in [-0.39, 0.29) is 6.03 Å². The van der Waals surface area contributed by atoms with Crippen LogP contribution < -0.4 is 5.48 Å². The van der Waals surface area contributed by atoms with Crippen LogP contribution in [0.5, 0.6) is 0 Å². The minimum Gasteiger partial charge on any atom is -0.322 e. The van der Waals surface area contributed by atoms with Crippen LogP contribution in [0.3, 0.4) is 0 Å². The second-order valence-electron chi connectivity index (χ2n) is 2.79. The van der Waals surface area contributed by atoms with E-state index in [0.29, 0.717) is 6.61 Å². The van der Waals surface area contributed by atoms with Gasteiger partial charge in [0.1, 0.15) is 0 Å². The van der Waals surface area contributed by atoms with E-state index in [4.69, 9.17) is 4.84 Å². The highest BCUT2D eigenvalue weighted by molar-refractivity contribution is 7.99. The molecule has 0 radical (unpaired) electrons. The van der Waals surface area contributed by atoms with Gasteiger partial charge in [0.2, 0.25) is 0 Å². The van der Waals surface area contributed by atoms with E-state index >= 15 is 0 Å². The first kappa shape index (κ1) is 10.7. The molecule has 5 heteroatoms. The molecule has 0 saturated carbocycles. The van der Waals surface area contributed by atoms with Crippen LogP contribution in [0.15, 0.2) is 0 Å². The van der Waals surface area contributed by atoms with E-state index in [1.54, 1.807) is 4.90 Å². The van der Waals surface area contributed by atoms with Crippen LogP contribution in [0.2, 0.25) is 0 Å². The lowest BCUT2D eigenvalue weighted by molar-refractivity contribution is 0.0566. The minimum absolute atomic E-state index is 0.107. The lowest BCUT2D eigenvalue weighted by Crippen LogP contribution is -2.41. The molecule has 0 spiro atoms. The summed E-state index contributed by atoms with van der Waals surface area (Å²) in [5.41, 5.74) is 2.41. The molecule has 0 aromatic rings. The van der Waals surface area contributed by atoms with Gasteiger partial charge in [0.05, 0.1) is 6.61 Å². The van der Waals surface area contributed by atoms with Crippen molar-refractivity contribution in [3.8, 4) is 0 Å². The average Bonchev–Trinajstić information content (AvgIpc) is 2.42. The summed E-state index contributed by atoms with van der Waals surface area (Å²) in [6.07, 6.45) is 1.07. The van der Waals surface area contributed by atoms with Gasteiger partial charge in [-0.25, -0.2) is 10.3 Å². The summed E-state index contributed by atoms with van der Waals surface area (Å²) in [6.45, 7) is 4.02. The van der Waals surface area contributed by atoms with Gasteiger partial charge in [-0.15, -0.1) is 0 Å². The first-order valence-corrected chi connectivity index (χ1v) is 5.74. The van der Waals surface area contributed by atoms with Gasteiger partial charge in [-0.2, -0.15) is 11.8 Å². The summed E-state index contributed by atoms with van der Waals surface area (Å²) in [5.74, 6) is 2.18. The number of thioether (sulfide) groups is 1. The highest BCUT2D eigenvalue weighted by Crippen LogP contribution is 2.09. The molecule has 76 valence electrons. The zero-order valence-electron chi connectivity index (χ0n) is 7.91. The normalized spacial score (nSPS) is 18.1. The summed E-state index contributed by atoms with van der Waals surface area (Å²) < 4.78 is 0. The van der Waals surface area contributed by atoms with Crippen LogP contribution in [0.1, 0.15) is 13.3 Å². The van der Waals surface area contributed by atoms with Crippen molar-refractivity contribution in [3.05, 3.63) is 0 Å². The van der Waals surface area contributed by atoms with Crippen LogP contribution in [0.4, 0.5) is 4.79 Å². The van der Waals surface area contributed by atoms with Crippen molar-refractivity contribution in [1.29, 1.82) is 0 Å². The summed E-state index contributed by atoms with van der Waals surface area (Å²) >= 11 is 1.90. The van der Waals surface area contributed by atoms with Crippen molar-refractivity contribution in [2.24, 2.45) is 0 Å². The maximum absolute atomic E-state index is 11.4. The third-order valence-corrected chi connectivity index (χ3v) is 2.86. The fourth-order valence-corrected chi connectivity index (χ4v) is 2.03. The Morgan fingerprint density at radius 2 is 2.38 bits per heavy atom. The standard InChI is InChI=1S/C8H16N2O2S/c1-2-12-9-8(11)10-4-3-6-13-7-5-10/h2-7H2,1H3,(H,9,11). The number of nitrogens with one attached hydrogen (secondary N) is 1. The number of hydrogen-bond donors (Lipinski definition) is 1. The van der Waals surface area contributed by atoms with Gasteiger partial charge in [-0.05, 0) is 19.1 Å². The Labute approximate surface area is 82.9 Å². The molecule has 0 aromatic heterocycles. The van der Waals surface area contributed by atoms with Crippen LogP contribution in [0.25, 0.3) is 0 Å². The predicted octanol–water partition coefficient (Wildman–Crippen LogP) is 1.09. The zero-order chi connectivity index (χ0) is 9.52. The SMILES string of the molecule is CCONC(=O)N1CCCSCC1. The van der Waals surface area contributed by atoms with Crippen molar-refractivity contribution in [3.63, 3.8) is 0 Å². The molecule has 1 N–H and O–H groups in total. The van der Waals surface area contributed by atoms with Gasteiger partial charge < -0.3 is 4.90 Å². The second-order valence-corrected chi connectivity index (χ2v) is 4.02. The Bertz CT molecular complexity index is 158. The largest absolute Gasteiger partial charge is 0.341 e. The number of rotatable bonds is 2. The van der Waals surface area contributed by atoms with Crippen molar-refractivity contribution in [2.45, 2.75) is 13.3 Å². The van der Waals surface area contributed by atoms with Gasteiger partial charge >= 0.3 is 6.03 Å². The van der Waals surface area contributed by atoms with E-state index in [2.05, 4.69) is 5.48 Å². The molecule has 0 aromatic carbocycles. The molecule has 4 nitrogen and oxygen atoms in total. The van der Waals surface area contributed by atoms with Crippen LogP contribution in [0, 0.1) is 0 Å². The van der Waals surface area contributed by atoms with Crippen LogP contribution in [-0.4, -0.2) is 42.1 Å². The van der Waals surface area contributed by atoms with E-state index in [1.165, 1.54) is 0 Å². The third kappa shape index (κ3) is 3.87. The quantitative estimate of drug-likeness (QED) is 0.684. The van der Waals surface area contributed by atoms with Crippen LogP contribution in [-0.2, 0) is 4.84 Å². The summed E-state index contributed by atoms with van der Waals surface area (Å²) in [4.78, 5) is 18.0. The molecule has 0 atom stereocenters. The highest BCUT2D eigenvalue weighted by Gasteiger charge is 2.14. The average molecular weight is 204 g/mol. The molecule has 0 aliphatic carbocycles. The monoisotopic (exact) mass is 204 g/mol. The van der Waals surface area contributed by atoms with E-state index in [1.807, 2.05) is 18.7 Å². The molecule has 1 aliphatic rings. The fourth-order valence-electron chi connectivity index (χ4n) is 1.15. The number of hydroxylamine groups is 1. The minimum atomic E-state index is -0.107. The van der Waals surface area contributed by atoms with E-state index in [9.17, 15) is 4.79 Å². The van der Waals surface area contributed by atoms with Crippen molar-refractivity contribution in [1.82, 2.24) is 10.4 Å². The number of amides is 2. The fraction of sp³-hybridized carbons (Fsp3) is 0.875. The van der Waals surface area contributed by atoms with Crippen LogP contribution >= 0.6 is 11.8 Å². The third-order valence-electron chi connectivity index (χ3n) is 1.81. The Kier molecular flexibility index (Phi) is 5.00. The van der Waals surface area contributed by atoms with Crippen molar-refractivity contribution < 1.29 is 9.63 Å². The van der Waals surface area contributed by atoms with Gasteiger partial charge in [-0.1, -0.05) is 0 Å². The van der Waals surface area contributed by atoms with Crippen molar-refractivity contribution in [2.75, 3.05) is 31.2 Å². The molecule has 2 amide bonds. The topological polar surface area (TPSA) is 41.6 Å². The van der Waals surface area contributed by atoms with Crippen molar-refractivity contribution >= 4 is 17.8 Å². The molecule has 1 heterocycles. The summed E-state index contributed by atoms with van der Waals surface area (Å²) in [7, 11) is 0. The number of nitrogens with zero attached hydrogens (tertiary/aromatic N) is 1. The number of carbonyl (C=O) groups excluding carboxylic acids is 1. The maximum atomic E-state index is 11.4. The molecule has 0 bridgehead atoms. The maximum Gasteiger partial charge on any atom is 0.341 e. The Hall–Kier alpha value is -0.420. The molecular formula is C8H16N2O2S. The van der Waals surface area contributed by atoms with Gasteiger partial charge in [-0.3, -0.25) is 4.84 Å². The summed E-state index contributed by atoms with van der Waals surface area (Å²) in [5, 5.41) is 0. The first-order valence-electron chi connectivity index (χ1n) is 4.59. The van der Waals surface area contributed by atoms with Gasteiger partial charge in [0, 0.05) is 18.8 Å². The molecule has 1 rings (SSSR count). The number of urea groups is 1. The first-order chi connectivity index (χ1) is 6.34. The lowest BCUT2D eigenvalue weighted by Gasteiger charge is -2.19.